The number of hydrogen-bond donors (Lipinski definition) is 1. The quantitative estimate of drug-likeness (QED) is 0.457. The summed E-state index contributed by atoms with van der Waals surface area (Å²) in [4.78, 5) is 12.5. The number of anilines is 1. The molecule has 7 nitrogen and oxygen atoms in total. The first-order valence-electron chi connectivity index (χ1n) is 9.79. The van der Waals surface area contributed by atoms with Crippen LogP contribution in [0.15, 0.2) is 67.0 Å². The van der Waals surface area contributed by atoms with Crippen molar-refractivity contribution in [3.05, 3.63) is 94.4 Å². The van der Waals surface area contributed by atoms with E-state index in [1.165, 1.54) is 5.56 Å². The maximum atomic E-state index is 12.5. The molecule has 31 heavy (non-hydrogen) atoms. The third-order valence-electron chi connectivity index (χ3n) is 4.67. The molecule has 0 aliphatic heterocycles. The molecule has 0 bridgehead atoms. The van der Waals surface area contributed by atoms with Gasteiger partial charge in [0.05, 0.1) is 6.54 Å². The fourth-order valence-corrected chi connectivity index (χ4v) is 3.39. The Hall–Kier alpha value is -3.58. The second kappa shape index (κ2) is 9.06. The Morgan fingerprint density at radius 1 is 1.03 bits per heavy atom. The zero-order valence-corrected chi connectivity index (χ0v) is 18.0. The Morgan fingerprint density at radius 3 is 2.68 bits per heavy atom. The molecular weight excluding hydrogens is 414 g/mol. The Labute approximate surface area is 185 Å². The molecule has 0 saturated heterocycles. The van der Waals surface area contributed by atoms with Crippen LogP contribution in [-0.4, -0.2) is 25.5 Å². The maximum absolute atomic E-state index is 12.5. The zero-order chi connectivity index (χ0) is 21.8. The van der Waals surface area contributed by atoms with E-state index in [4.69, 9.17) is 16.3 Å². The summed E-state index contributed by atoms with van der Waals surface area (Å²) < 4.78 is 9.09. The molecular formula is C23H22ClN5O2. The molecule has 0 saturated carbocycles. The highest BCUT2D eigenvalue weighted by molar-refractivity contribution is 6.30. The first kappa shape index (κ1) is 20.7. The van der Waals surface area contributed by atoms with Gasteiger partial charge in [-0.3, -0.25) is 9.48 Å². The van der Waals surface area contributed by atoms with Gasteiger partial charge in [-0.25, -0.2) is 4.68 Å². The van der Waals surface area contributed by atoms with Crippen LogP contribution in [0.3, 0.4) is 0 Å². The van der Waals surface area contributed by atoms with Crippen molar-refractivity contribution in [2.24, 2.45) is 0 Å². The van der Waals surface area contributed by atoms with Crippen molar-refractivity contribution in [1.82, 2.24) is 19.6 Å². The number of carbonyl (C=O) groups excluding carboxylic acids is 1. The number of carbonyl (C=O) groups is 1. The summed E-state index contributed by atoms with van der Waals surface area (Å²) in [5.74, 6) is 0.854. The number of amides is 1. The van der Waals surface area contributed by atoms with E-state index in [0.29, 0.717) is 23.1 Å². The summed E-state index contributed by atoms with van der Waals surface area (Å²) >= 11 is 5.96. The first-order chi connectivity index (χ1) is 15.0. The second-order valence-electron chi connectivity index (χ2n) is 7.27. The van der Waals surface area contributed by atoms with Crippen molar-refractivity contribution in [2.45, 2.75) is 27.1 Å². The lowest BCUT2D eigenvalue weighted by Gasteiger charge is -2.09. The van der Waals surface area contributed by atoms with Crippen LogP contribution >= 0.6 is 11.6 Å². The number of nitrogens with one attached hydrogen (secondary N) is 1. The third-order valence-corrected chi connectivity index (χ3v) is 4.91. The van der Waals surface area contributed by atoms with Crippen LogP contribution in [0.2, 0.25) is 5.02 Å². The van der Waals surface area contributed by atoms with Gasteiger partial charge in [-0.1, -0.05) is 41.4 Å². The van der Waals surface area contributed by atoms with Gasteiger partial charge in [-0.15, -0.1) is 0 Å². The molecule has 0 atom stereocenters. The van der Waals surface area contributed by atoms with Crippen LogP contribution < -0.4 is 10.1 Å². The predicted molar refractivity (Wildman–Crippen MR) is 120 cm³/mol. The van der Waals surface area contributed by atoms with Crippen molar-refractivity contribution >= 4 is 23.3 Å². The van der Waals surface area contributed by atoms with Gasteiger partial charge in [0, 0.05) is 23.5 Å². The minimum absolute atomic E-state index is 0.181. The van der Waals surface area contributed by atoms with Crippen molar-refractivity contribution in [1.29, 1.82) is 0 Å². The van der Waals surface area contributed by atoms with E-state index in [1.54, 1.807) is 33.8 Å². The van der Waals surface area contributed by atoms with E-state index >= 15 is 0 Å². The molecule has 4 rings (SSSR count). The first-order valence-corrected chi connectivity index (χ1v) is 10.2. The minimum atomic E-state index is -0.331. The Morgan fingerprint density at radius 2 is 1.87 bits per heavy atom. The van der Waals surface area contributed by atoms with Crippen molar-refractivity contribution in [3.63, 3.8) is 0 Å². The summed E-state index contributed by atoms with van der Waals surface area (Å²) in [6, 6.07) is 17.0. The van der Waals surface area contributed by atoms with E-state index in [-0.39, 0.29) is 18.3 Å². The summed E-state index contributed by atoms with van der Waals surface area (Å²) in [5.41, 5.74) is 3.56. The zero-order valence-electron chi connectivity index (χ0n) is 17.2. The predicted octanol–water partition coefficient (Wildman–Crippen LogP) is 4.69. The average molecular weight is 436 g/mol. The van der Waals surface area contributed by atoms with Gasteiger partial charge in [0.25, 0.3) is 5.91 Å². The molecule has 1 N–H and O–H groups in total. The maximum Gasteiger partial charge on any atom is 0.277 e. The van der Waals surface area contributed by atoms with Gasteiger partial charge >= 0.3 is 0 Å². The van der Waals surface area contributed by atoms with Crippen LogP contribution in [0.25, 0.3) is 0 Å². The third kappa shape index (κ3) is 5.32. The molecule has 1 amide bonds. The standard InChI is InChI=1S/C23H22ClN5O2/c1-16-4-3-5-18(12-16)14-28-11-9-22(27-28)25-23(30)20-8-10-29(26-20)15-31-21-7-6-19(24)13-17(21)2/h3-13H,14-15H2,1-2H3,(H,25,27,30). The van der Waals surface area contributed by atoms with Crippen molar-refractivity contribution < 1.29 is 9.53 Å². The van der Waals surface area contributed by atoms with Crippen LogP contribution in [0.4, 0.5) is 5.82 Å². The van der Waals surface area contributed by atoms with E-state index < -0.39 is 0 Å². The highest BCUT2D eigenvalue weighted by Gasteiger charge is 2.12. The fraction of sp³-hybridized carbons (Fsp3) is 0.174. The fourth-order valence-electron chi connectivity index (χ4n) is 3.16. The van der Waals surface area contributed by atoms with Crippen molar-refractivity contribution in [2.75, 3.05) is 5.32 Å². The molecule has 4 aromatic rings. The number of hydrogen-bond acceptors (Lipinski definition) is 4. The highest BCUT2D eigenvalue weighted by atomic mass is 35.5. The lowest BCUT2D eigenvalue weighted by Crippen LogP contribution is -2.15. The molecule has 0 radical (unpaired) electrons. The van der Waals surface area contributed by atoms with Gasteiger partial charge in [0.1, 0.15) is 5.75 Å². The molecule has 0 fully saturated rings. The SMILES string of the molecule is Cc1cccc(Cn2ccc(NC(=O)c3ccn(COc4ccc(Cl)cc4C)n3)n2)c1. The lowest BCUT2D eigenvalue weighted by atomic mass is 10.1. The molecule has 8 heteroatoms. The van der Waals surface area contributed by atoms with Crippen LogP contribution in [0, 0.1) is 13.8 Å². The summed E-state index contributed by atoms with van der Waals surface area (Å²) in [7, 11) is 0. The average Bonchev–Trinajstić information content (AvgIpc) is 3.37. The Bertz CT molecular complexity index is 1210. The van der Waals surface area contributed by atoms with Crippen molar-refractivity contribution in [3.8, 4) is 5.75 Å². The number of rotatable bonds is 7. The van der Waals surface area contributed by atoms with Gasteiger partial charge < -0.3 is 10.1 Å². The molecule has 0 spiro atoms. The number of halogens is 1. The number of nitrogens with zero attached hydrogens (tertiary/aromatic N) is 4. The normalized spacial score (nSPS) is 10.8. The van der Waals surface area contributed by atoms with E-state index in [2.05, 4.69) is 34.6 Å². The molecule has 2 aromatic heterocycles. The molecule has 2 aromatic carbocycles. The number of aromatic nitrogens is 4. The van der Waals surface area contributed by atoms with Crippen LogP contribution in [0.5, 0.6) is 5.75 Å². The Balaban J connectivity index is 1.34. The summed E-state index contributed by atoms with van der Waals surface area (Å²) in [5, 5.41) is 12.1. The second-order valence-corrected chi connectivity index (χ2v) is 7.70. The van der Waals surface area contributed by atoms with Crippen LogP contribution in [0.1, 0.15) is 27.2 Å². The highest BCUT2D eigenvalue weighted by Crippen LogP contribution is 2.22. The molecule has 0 aliphatic rings. The van der Waals surface area contributed by atoms with Crippen LogP contribution in [-0.2, 0) is 13.3 Å². The monoisotopic (exact) mass is 435 g/mol. The summed E-state index contributed by atoms with van der Waals surface area (Å²) in [6.07, 6.45) is 3.52. The number of aryl methyl sites for hydroxylation is 2. The minimum Gasteiger partial charge on any atom is -0.471 e. The number of benzene rings is 2. The summed E-state index contributed by atoms with van der Waals surface area (Å²) in [6.45, 7) is 4.79. The van der Waals surface area contributed by atoms with Gasteiger partial charge in [-0.05, 0) is 49.2 Å². The van der Waals surface area contributed by atoms with Gasteiger partial charge in [0.2, 0.25) is 0 Å². The Kier molecular flexibility index (Phi) is 6.04. The smallest absolute Gasteiger partial charge is 0.277 e. The topological polar surface area (TPSA) is 74.0 Å². The van der Waals surface area contributed by atoms with E-state index in [9.17, 15) is 4.79 Å². The molecule has 0 unspecified atom stereocenters. The van der Waals surface area contributed by atoms with E-state index in [1.807, 2.05) is 37.4 Å². The van der Waals surface area contributed by atoms with Gasteiger partial charge in [0.15, 0.2) is 18.2 Å². The lowest BCUT2D eigenvalue weighted by molar-refractivity contribution is 0.101. The van der Waals surface area contributed by atoms with E-state index in [0.717, 1.165) is 11.1 Å². The molecule has 2 heterocycles. The molecule has 0 aliphatic carbocycles. The number of ether oxygens (including phenoxy) is 1. The molecule has 158 valence electrons. The largest absolute Gasteiger partial charge is 0.471 e. The van der Waals surface area contributed by atoms with Gasteiger partial charge in [-0.2, -0.15) is 10.2 Å².